The smallest absolute Gasteiger partial charge is 0.0449 e. The molecule has 1 aromatic rings. The van der Waals surface area contributed by atoms with Crippen molar-refractivity contribution in [3.63, 3.8) is 0 Å². The molecule has 2 rings (SSSR count). The maximum atomic E-state index is 9.20. The van der Waals surface area contributed by atoms with Crippen LogP contribution in [0.4, 0.5) is 0 Å². The Bertz CT molecular complexity index is 293. The number of hydrogen-bond donors (Lipinski definition) is 1. The maximum Gasteiger partial charge on any atom is 0.0449 e. The van der Waals surface area contributed by atoms with Crippen LogP contribution in [0.15, 0.2) is 30.3 Å². The zero-order valence-electron chi connectivity index (χ0n) is 9.81. The molecule has 0 aromatic heterocycles. The van der Waals surface area contributed by atoms with E-state index >= 15 is 0 Å². The van der Waals surface area contributed by atoms with Crippen LogP contribution >= 0.6 is 0 Å². The van der Waals surface area contributed by atoms with E-state index in [1.807, 2.05) is 0 Å². The van der Waals surface area contributed by atoms with Crippen molar-refractivity contribution >= 4 is 0 Å². The van der Waals surface area contributed by atoms with Crippen molar-refractivity contribution in [2.45, 2.75) is 31.7 Å². The summed E-state index contributed by atoms with van der Waals surface area (Å²) in [4.78, 5) is 2.52. The topological polar surface area (TPSA) is 23.5 Å². The van der Waals surface area contributed by atoms with E-state index in [1.54, 1.807) is 0 Å². The second-order valence-corrected chi connectivity index (χ2v) is 4.54. The molecule has 2 heteroatoms. The average molecular weight is 219 g/mol. The fourth-order valence-electron chi connectivity index (χ4n) is 2.59. The van der Waals surface area contributed by atoms with E-state index in [1.165, 1.54) is 37.9 Å². The molecule has 1 aliphatic rings. The summed E-state index contributed by atoms with van der Waals surface area (Å²) in [6.07, 6.45) is 4.81. The molecule has 1 aromatic carbocycles. The summed E-state index contributed by atoms with van der Waals surface area (Å²) in [5.41, 5.74) is 1.35. The van der Waals surface area contributed by atoms with Crippen LogP contribution in [-0.2, 0) is 0 Å². The minimum absolute atomic E-state index is 0.274. The highest BCUT2D eigenvalue weighted by Gasteiger charge is 2.21. The molecule has 1 heterocycles. The van der Waals surface area contributed by atoms with Crippen LogP contribution in [0.5, 0.6) is 0 Å². The molecule has 0 spiro atoms. The number of nitrogens with zero attached hydrogens (tertiary/aromatic N) is 1. The van der Waals surface area contributed by atoms with Gasteiger partial charge >= 0.3 is 0 Å². The van der Waals surface area contributed by atoms with Crippen molar-refractivity contribution in [1.82, 2.24) is 4.90 Å². The van der Waals surface area contributed by atoms with Crippen LogP contribution in [-0.4, -0.2) is 29.7 Å². The summed E-state index contributed by atoms with van der Waals surface area (Å²) in [6, 6.07) is 11.0. The second kappa shape index (κ2) is 6.02. The molecule has 88 valence electrons. The predicted molar refractivity (Wildman–Crippen MR) is 66.3 cm³/mol. The van der Waals surface area contributed by atoms with Crippen molar-refractivity contribution in [3.8, 4) is 0 Å². The number of rotatable bonds is 4. The van der Waals surface area contributed by atoms with Gasteiger partial charge in [-0.25, -0.2) is 0 Å². The lowest BCUT2D eigenvalue weighted by Crippen LogP contribution is -2.34. The zero-order valence-corrected chi connectivity index (χ0v) is 9.81. The highest BCUT2D eigenvalue weighted by Crippen LogP contribution is 2.26. The summed E-state index contributed by atoms with van der Waals surface area (Å²) in [6.45, 7) is 2.63. The largest absolute Gasteiger partial charge is 0.396 e. The molecule has 0 saturated carbocycles. The van der Waals surface area contributed by atoms with Crippen LogP contribution in [0.1, 0.15) is 37.3 Å². The zero-order chi connectivity index (χ0) is 11.2. The molecular weight excluding hydrogens is 198 g/mol. The number of aliphatic hydroxyl groups excluding tert-OH is 1. The first-order valence-electron chi connectivity index (χ1n) is 6.31. The molecule has 1 N–H and O–H groups in total. The third kappa shape index (κ3) is 2.83. The van der Waals surface area contributed by atoms with Crippen molar-refractivity contribution in [1.29, 1.82) is 0 Å². The van der Waals surface area contributed by atoms with Crippen molar-refractivity contribution in [2.24, 2.45) is 0 Å². The molecule has 0 bridgehead atoms. The standard InChI is InChI=1S/C14H21NO/c16-12-9-14(13-7-3-1-4-8-13)15-10-5-2-6-11-15/h1,3-4,7-8,14,16H,2,5-6,9-12H2. The van der Waals surface area contributed by atoms with E-state index in [0.29, 0.717) is 6.04 Å². The molecule has 0 aliphatic carbocycles. The minimum Gasteiger partial charge on any atom is -0.396 e. The number of aliphatic hydroxyl groups is 1. The molecular formula is C14H21NO. The first-order valence-corrected chi connectivity index (χ1v) is 6.31. The van der Waals surface area contributed by atoms with Gasteiger partial charge in [0.2, 0.25) is 0 Å². The summed E-state index contributed by atoms with van der Waals surface area (Å²) in [5, 5.41) is 9.20. The minimum atomic E-state index is 0.274. The third-order valence-corrected chi connectivity index (χ3v) is 3.42. The van der Waals surface area contributed by atoms with Gasteiger partial charge in [0.1, 0.15) is 0 Å². The fraction of sp³-hybridized carbons (Fsp3) is 0.571. The Balaban J connectivity index is 2.09. The Kier molecular flexibility index (Phi) is 4.37. The summed E-state index contributed by atoms with van der Waals surface area (Å²) >= 11 is 0. The number of piperidine rings is 1. The highest BCUT2D eigenvalue weighted by molar-refractivity contribution is 5.19. The van der Waals surface area contributed by atoms with Gasteiger partial charge in [-0.2, -0.15) is 0 Å². The van der Waals surface area contributed by atoms with Gasteiger partial charge in [0.25, 0.3) is 0 Å². The monoisotopic (exact) mass is 219 g/mol. The van der Waals surface area contributed by atoms with Crippen LogP contribution in [0.25, 0.3) is 0 Å². The molecule has 1 fully saturated rings. The van der Waals surface area contributed by atoms with Crippen LogP contribution in [0, 0.1) is 0 Å². The predicted octanol–water partition coefficient (Wildman–Crippen LogP) is 2.60. The number of hydrogen-bond acceptors (Lipinski definition) is 2. The number of likely N-dealkylation sites (tertiary alicyclic amines) is 1. The molecule has 0 radical (unpaired) electrons. The molecule has 0 amide bonds. The quantitative estimate of drug-likeness (QED) is 0.841. The van der Waals surface area contributed by atoms with Crippen LogP contribution in [0.3, 0.4) is 0 Å². The van der Waals surface area contributed by atoms with E-state index in [9.17, 15) is 5.11 Å². The van der Waals surface area contributed by atoms with Gasteiger partial charge in [0.15, 0.2) is 0 Å². The number of benzene rings is 1. The molecule has 1 aliphatic heterocycles. The third-order valence-electron chi connectivity index (χ3n) is 3.42. The van der Waals surface area contributed by atoms with Crippen LogP contribution in [0.2, 0.25) is 0 Å². The second-order valence-electron chi connectivity index (χ2n) is 4.54. The van der Waals surface area contributed by atoms with E-state index in [4.69, 9.17) is 0 Å². The van der Waals surface area contributed by atoms with Gasteiger partial charge in [-0.05, 0) is 37.9 Å². The first-order chi connectivity index (χ1) is 7.92. The Hall–Kier alpha value is -0.860. The molecule has 2 nitrogen and oxygen atoms in total. The lowest BCUT2D eigenvalue weighted by molar-refractivity contribution is 0.133. The highest BCUT2D eigenvalue weighted by atomic mass is 16.3. The van der Waals surface area contributed by atoms with Gasteiger partial charge in [0, 0.05) is 12.6 Å². The van der Waals surface area contributed by atoms with Gasteiger partial charge < -0.3 is 5.11 Å². The Morgan fingerprint density at radius 2 is 1.75 bits per heavy atom. The lowest BCUT2D eigenvalue weighted by atomic mass is 9.99. The van der Waals surface area contributed by atoms with E-state index in [0.717, 1.165) is 6.42 Å². The lowest BCUT2D eigenvalue weighted by Gasteiger charge is -2.34. The Labute approximate surface area is 97.9 Å². The molecule has 16 heavy (non-hydrogen) atoms. The van der Waals surface area contributed by atoms with E-state index in [2.05, 4.69) is 35.2 Å². The summed E-state index contributed by atoms with van der Waals surface area (Å²) in [7, 11) is 0. The first kappa shape index (κ1) is 11.6. The summed E-state index contributed by atoms with van der Waals surface area (Å²) < 4.78 is 0. The molecule has 1 atom stereocenters. The molecule has 1 saturated heterocycles. The SMILES string of the molecule is OCCC(c1ccccc1)N1CCCCC1. The average Bonchev–Trinajstić information content (AvgIpc) is 2.38. The van der Waals surface area contributed by atoms with Crippen molar-refractivity contribution in [3.05, 3.63) is 35.9 Å². The van der Waals surface area contributed by atoms with E-state index in [-0.39, 0.29) is 6.61 Å². The maximum absolute atomic E-state index is 9.20. The van der Waals surface area contributed by atoms with Gasteiger partial charge in [-0.3, -0.25) is 4.90 Å². The van der Waals surface area contributed by atoms with Crippen molar-refractivity contribution < 1.29 is 5.11 Å². The molecule has 1 unspecified atom stereocenters. The van der Waals surface area contributed by atoms with Crippen LogP contribution < -0.4 is 0 Å². The van der Waals surface area contributed by atoms with E-state index < -0.39 is 0 Å². The Morgan fingerprint density at radius 1 is 1.06 bits per heavy atom. The Morgan fingerprint density at radius 3 is 2.38 bits per heavy atom. The fourth-order valence-corrected chi connectivity index (χ4v) is 2.59. The van der Waals surface area contributed by atoms with Crippen molar-refractivity contribution in [2.75, 3.05) is 19.7 Å². The van der Waals surface area contributed by atoms with Gasteiger partial charge in [-0.1, -0.05) is 36.8 Å². The van der Waals surface area contributed by atoms with Gasteiger partial charge in [0.05, 0.1) is 0 Å². The summed E-state index contributed by atoms with van der Waals surface area (Å²) in [5.74, 6) is 0. The van der Waals surface area contributed by atoms with Gasteiger partial charge in [-0.15, -0.1) is 0 Å². The normalized spacial score (nSPS) is 19.6.